The predicted molar refractivity (Wildman–Crippen MR) is 87.9 cm³/mol. The average molecular weight is 290 g/mol. The van der Waals surface area contributed by atoms with Crippen molar-refractivity contribution in [3.8, 4) is 0 Å². The van der Waals surface area contributed by atoms with Gasteiger partial charge < -0.3 is 9.84 Å². The van der Waals surface area contributed by atoms with Crippen LogP contribution in [0.4, 0.5) is 0 Å². The predicted octanol–water partition coefficient (Wildman–Crippen LogP) is 4.62. The van der Waals surface area contributed by atoms with Gasteiger partial charge in [0.25, 0.3) is 0 Å². The molecule has 1 saturated carbocycles. The molecule has 3 aliphatic carbocycles. The van der Waals surface area contributed by atoms with Crippen LogP contribution < -0.4 is 0 Å². The van der Waals surface area contributed by atoms with Gasteiger partial charge in [-0.1, -0.05) is 31.6 Å². The van der Waals surface area contributed by atoms with Crippen LogP contribution in [-0.2, 0) is 4.74 Å². The lowest BCUT2D eigenvalue weighted by atomic mass is 9.49. The van der Waals surface area contributed by atoms with Crippen molar-refractivity contribution in [1.29, 1.82) is 0 Å². The number of hydrogen-bond donors (Lipinski definition) is 1. The second-order valence-corrected chi connectivity index (χ2v) is 7.20. The molecule has 0 heterocycles. The van der Waals surface area contributed by atoms with E-state index >= 15 is 0 Å². The zero-order valence-corrected chi connectivity index (χ0v) is 14.0. The molecule has 1 fully saturated rings. The quantitative estimate of drug-likeness (QED) is 0.547. The molecule has 2 bridgehead atoms. The Morgan fingerprint density at radius 1 is 1.38 bits per heavy atom. The third-order valence-electron chi connectivity index (χ3n) is 5.46. The molecular weight excluding hydrogens is 260 g/mol. The van der Waals surface area contributed by atoms with Crippen LogP contribution in [0.3, 0.4) is 0 Å². The van der Waals surface area contributed by atoms with E-state index in [1.807, 2.05) is 13.0 Å². The van der Waals surface area contributed by atoms with Gasteiger partial charge in [0, 0.05) is 0 Å². The fraction of sp³-hybridized carbons (Fsp3) is 0.684. The second-order valence-electron chi connectivity index (χ2n) is 7.20. The third-order valence-corrected chi connectivity index (χ3v) is 5.46. The van der Waals surface area contributed by atoms with Crippen LogP contribution in [0.5, 0.6) is 0 Å². The number of aliphatic hydroxyl groups excluding tert-OH is 1. The Kier molecular flexibility index (Phi) is 5.32. The van der Waals surface area contributed by atoms with Gasteiger partial charge in [-0.05, 0) is 68.4 Å². The van der Waals surface area contributed by atoms with Crippen LogP contribution >= 0.6 is 0 Å². The maximum atomic E-state index is 8.82. The first-order valence-electron chi connectivity index (χ1n) is 8.20. The first kappa shape index (κ1) is 16.4. The minimum absolute atomic E-state index is 0.136. The van der Waals surface area contributed by atoms with Gasteiger partial charge in [0.1, 0.15) is 6.61 Å². The van der Waals surface area contributed by atoms with Crippen molar-refractivity contribution in [3.63, 3.8) is 0 Å². The number of aliphatic hydroxyl groups is 1. The van der Waals surface area contributed by atoms with Crippen molar-refractivity contribution in [3.05, 3.63) is 35.1 Å². The molecule has 0 amide bonds. The molecule has 0 aromatic heterocycles. The molecule has 3 aliphatic rings. The molecule has 2 atom stereocenters. The smallest absolute Gasteiger partial charge is 0.109 e. The highest BCUT2D eigenvalue weighted by Crippen LogP contribution is 2.59. The summed E-state index contributed by atoms with van der Waals surface area (Å²) >= 11 is 0. The second kappa shape index (κ2) is 6.83. The molecule has 0 saturated heterocycles. The Morgan fingerprint density at radius 2 is 2.14 bits per heavy atom. The zero-order valence-electron chi connectivity index (χ0n) is 14.0. The Labute approximate surface area is 129 Å². The number of fused-ring (bicyclic) bond motifs is 1. The van der Waals surface area contributed by atoms with Crippen molar-refractivity contribution in [2.45, 2.75) is 53.4 Å². The van der Waals surface area contributed by atoms with E-state index < -0.39 is 0 Å². The maximum absolute atomic E-state index is 8.82. The highest BCUT2D eigenvalue weighted by atomic mass is 16.5. The van der Waals surface area contributed by atoms with E-state index in [0.717, 1.165) is 37.0 Å². The van der Waals surface area contributed by atoms with Gasteiger partial charge in [-0.3, -0.25) is 0 Å². The molecule has 0 spiro atoms. The molecule has 0 radical (unpaired) electrons. The molecule has 2 heteroatoms. The van der Waals surface area contributed by atoms with Gasteiger partial charge >= 0.3 is 0 Å². The fourth-order valence-corrected chi connectivity index (χ4v) is 3.66. The first-order valence-corrected chi connectivity index (χ1v) is 8.20. The number of allylic oxidation sites excluding steroid dienone is 4. The van der Waals surface area contributed by atoms with E-state index in [2.05, 4.69) is 32.9 Å². The molecule has 21 heavy (non-hydrogen) atoms. The summed E-state index contributed by atoms with van der Waals surface area (Å²) in [5.41, 5.74) is 3.22. The minimum atomic E-state index is 0.136. The maximum Gasteiger partial charge on any atom is 0.109 e. The van der Waals surface area contributed by atoms with E-state index in [4.69, 9.17) is 9.84 Å². The summed E-state index contributed by atoms with van der Waals surface area (Å²) in [4.78, 5) is 0. The van der Waals surface area contributed by atoms with Crippen molar-refractivity contribution >= 4 is 0 Å². The molecular formula is C19H30O2. The largest absolute Gasteiger partial charge is 0.494 e. The highest BCUT2D eigenvalue weighted by Gasteiger charge is 2.51. The van der Waals surface area contributed by atoms with Crippen LogP contribution in [0.2, 0.25) is 0 Å². The number of hydrogen-bond acceptors (Lipinski definition) is 2. The molecule has 1 N–H and O–H groups in total. The van der Waals surface area contributed by atoms with Crippen molar-refractivity contribution in [1.82, 2.24) is 0 Å². The molecule has 2 nitrogen and oxygen atoms in total. The van der Waals surface area contributed by atoms with Crippen molar-refractivity contribution < 1.29 is 9.84 Å². The Morgan fingerprint density at radius 3 is 2.76 bits per heavy atom. The molecule has 0 aromatic rings. The van der Waals surface area contributed by atoms with Crippen LogP contribution in [0.25, 0.3) is 0 Å². The van der Waals surface area contributed by atoms with Gasteiger partial charge in [0.15, 0.2) is 0 Å². The monoisotopic (exact) mass is 290 g/mol. The number of ether oxygens (including phenoxy) is 1. The van der Waals surface area contributed by atoms with Crippen LogP contribution in [0.1, 0.15) is 53.4 Å². The topological polar surface area (TPSA) is 29.5 Å². The van der Waals surface area contributed by atoms with Gasteiger partial charge in [0.2, 0.25) is 0 Å². The minimum Gasteiger partial charge on any atom is -0.494 e. The van der Waals surface area contributed by atoms with Crippen LogP contribution in [0.15, 0.2) is 35.1 Å². The molecule has 118 valence electrons. The lowest BCUT2D eigenvalue weighted by Crippen LogP contribution is -2.48. The van der Waals surface area contributed by atoms with E-state index in [0.29, 0.717) is 5.41 Å². The standard InChI is InChI=1S/C19H30O2/c1-14(10-11-20)6-5-7-15(2)21-13-16-8-9-17-12-18(16)19(17,3)4/h7-8,10,17-18,20H,5-6,9,11-13H2,1-4H3/b14-10+,15-7+. The lowest BCUT2D eigenvalue weighted by Gasteiger charge is -2.56. The Hall–Kier alpha value is -1.02. The summed E-state index contributed by atoms with van der Waals surface area (Å²) < 4.78 is 5.94. The lowest BCUT2D eigenvalue weighted by molar-refractivity contribution is -0.0141. The van der Waals surface area contributed by atoms with E-state index in [-0.39, 0.29) is 6.61 Å². The van der Waals surface area contributed by atoms with Gasteiger partial charge in [0.05, 0.1) is 12.4 Å². The summed E-state index contributed by atoms with van der Waals surface area (Å²) in [5.74, 6) is 2.65. The molecule has 3 rings (SSSR count). The highest BCUT2D eigenvalue weighted by molar-refractivity contribution is 5.23. The van der Waals surface area contributed by atoms with E-state index in [9.17, 15) is 0 Å². The van der Waals surface area contributed by atoms with E-state index in [1.54, 1.807) is 0 Å². The first-order chi connectivity index (χ1) is 9.95. The summed E-state index contributed by atoms with van der Waals surface area (Å²) in [6, 6.07) is 0. The summed E-state index contributed by atoms with van der Waals surface area (Å²) in [6.45, 7) is 9.80. The molecule has 0 aromatic carbocycles. The SMILES string of the molecule is C/C(=C\CO)CC/C=C(\C)OCC1=CCC2CC1C2(C)C. The fourth-order valence-electron chi connectivity index (χ4n) is 3.66. The molecule has 0 aliphatic heterocycles. The summed E-state index contributed by atoms with van der Waals surface area (Å²) in [6.07, 6.45) is 11.0. The van der Waals surface area contributed by atoms with Crippen molar-refractivity contribution in [2.24, 2.45) is 17.3 Å². The van der Waals surface area contributed by atoms with Crippen molar-refractivity contribution in [2.75, 3.05) is 13.2 Å². The zero-order chi connectivity index (χ0) is 15.5. The van der Waals surface area contributed by atoms with Gasteiger partial charge in [-0.25, -0.2) is 0 Å². The van der Waals surface area contributed by atoms with Crippen LogP contribution in [0, 0.1) is 17.3 Å². The third kappa shape index (κ3) is 3.79. The average Bonchev–Trinajstić information content (AvgIpc) is 2.45. The van der Waals surface area contributed by atoms with Gasteiger partial charge in [-0.15, -0.1) is 0 Å². The Balaban J connectivity index is 1.75. The molecule has 2 unspecified atom stereocenters. The van der Waals surface area contributed by atoms with Gasteiger partial charge in [-0.2, -0.15) is 0 Å². The Bertz CT molecular complexity index is 454. The van der Waals surface area contributed by atoms with E-state index in [1.165, 1.54) is 24.0 Å². The number of rotatable bonds is 7. The normalized spacial score (nSPS) is 28.0. The summed E-state index contributed by atoms with van der Waals surface area (Å²) in [7, 11) is 0. The van der Waals surface area contributed by atoms with Crippen LogP contribution in [-0.4, -0.2) is 18.3 Å². The summed E-state index contributed by atoms with van der Waals surface area (Å²) in [5, 5.41) is 8.82.